The van der Waals surface area contributed by atoms with Crippen LogP contribution in [-0.2, 0) is 6.54 Å². The largest absolute Gasteiger partial charge is 0.430 e. The van der Waals surface area contributed by atoms with Gasteiger partial charge in [0.1, 0.15) is 5.52 Å². The van der Waals surface area contributed by atoms with Crippen molar-refractivity contribution in [1.82, 2.24) is 14.5 Å². The van der Waals surface area contributed by atoms with Gasteiger partial charge in [-0.25, -0.2) is 9.97 Å². The predicted molar refractivity (Wildman–Crippen MR) is 93.6 cm³/mol. The number of hydrogen-bond acceptors (Lipinski definition) is 4. The van der Waals surface area contributed by atoms with Gasteiger partial charge in [-0.1, -0.05) is 29.8 Å². The van der Waals surface area contributed by atoms with E-state index in [4.69, 9.17) is 16.0 Å². The molecule has 0 spiro atoms. The molecule has 0 fully saturated rings. The van der Waals surface area contributed by atoms with Gasteiger partial charge in [0.05, 0.1) is 18.3 Å². The second-order valence-corrected chi connectivity index (χ2v) is 6.22. The number of hydrogen-bond donors (Lipinski definition) is 0. The smallest absolute Gasteiger partial charge is 0.297 e. The van der Waals surface area contributed by atoms with E-state index in [1.54, 1.807) is 6.07 Å². The van der Waals surface area contributed by atoms with Crippen LogP contribution in [0.15, 0.2) is 45.9 Å². The molecule has 0 amide bonds. The number of rotatable bonds is 2. The van der Waals surface area contributed by atoms with Gasteiger partial charge in [0, 0.05) is 10.7 Å². The number of benzene rings is 1. The van der Waals surface area contributed by atoms with E-state index in [0.717, 1.165) is 22.2 Å². The van der Waals surface area contributed by atoms with Crippen molar-refractivity contribution in [2.75, 3.05) is 0 Å². The molecule has 24 heavy (non-hydrogen) atoms. The number of halogens is 1. The van der Waals surface area contributed by atoms with Gasteiger partial charge in [-0.05, 0) is 37.1 Å². The maximum Gasteiger partial charge on any atom is 0.297 e. The molecule has 0 saturated carbocycles. The molecule has 0 aliphatic rings. The summed E-state index contributed by atoms with van der Waals surface area (Å²) in [7, 11) is 0. The molecule has 0 aliphatic heterocycles. The zero-order valence-electron chi connectivity index (χ0n) is 13.2. The summed E-state index contributed by atoms with van der Waals surface area (Å²) in [5.41, 5.74) is 3.67. The first-order chi connectivity index (χ1) is 11.5. The number of nitrogens with zero attached hydrogens (tertiary/aromatic N) is 3. The summed E-state index contributed by atoms with van der Waals surface area (Å²) in [6.07, 6.45) is 1.53. The maximum absolute atomic E-state index is 12.8. The zero-order chi connectivity index (χ0) is 16.8. The van der Waals surface area contributed by atoms with E-state index in [0.29, 0.717) is 22.8 Å². The summed E-state index contributed by atoms with van der Waals surface area (Å²) in [6.45, 7) is 4.19. The Kier molecular flexibility index (Phi) is 3.39. The van der Waals surface area contributed by atoms with Crippen LogP contribution in [0.1, 0.15) is 16.8 Å². The van der Waals surface area contributed by atoms with Gasteiger partial charge in [-0.15, -0.1) is 0 Å². The molecule has 0 unspecified atom stereocenters. The topological polar surface area (TPSA) is 60.9 Å². The van der Waals surface area contributed by atoms with Gasteiger partial charge in [-0.2, -0.15) is 0 Å². The molecule has 6 heteroatoms. The Labute approximate surface area is 142 Å². The van der Waals surface area contributed by atoms with Crippen LogP contribution in [0.4, 0.5) is 0 Å². The summed E-state index contributed by atoms with van der Waals surface area (Å²) in [5, 5.41) is 1.40. The number of pyridine rings is 1. The molecule has 4 aromatic rings. The summed E-state index contributed by atoms with van der Waals surface area (Å²) in [5.74, 6) is 0. The fourth-order valence-corrected chi connectivity index (χ4v) is 3.12. The third-order valence-electron chi connectivity index (χ3n) is 4.04. The van der Waals surface area contributed by atoms with Crippen molar-refractivity contribution in [1.29, 1.82) is 0 Å². The van der Waals surface area contributed by atoms with Crippen molar-refractivity contribution >= 4 is 33.8 Å². The SMILES string of the molecule is Cc1cc(C)c2c(n1)oc1c(=O)n(Cc3ccccc3Cl)cnc12. The second kappa shape index (κ2) is 5.46. The van der Waals surface area contributed by atoms with Gasteiger partial charge < -0.3 is 4.42 Å². The average molecular weight is 340 g/mol. The van der Waals surface area contributed by atoms with E-state index in [1.165, 1.54) is 10.9 Å². The van der Waals surface area contributed by atoms with Crippen LogP contribution in [0.5, 0.6) is 0 Å². The van der Waals surface area contributed by atoms with E-state index in [2.05, 4.69) is 9.97 Å². The highest BCUT2D eigenvalue weighted by atomic mass is 35.5. The molecule has 3 aromatic heterocycles. The maximum atomic E-state index is 12.8. The third kappa shape index (κ3) is 2.29. The first-order valence-corrected chi connectivity index (χ1v) is 7.91. The lowest BCUT2D eigenvalue weighted by molar-refractivity contribution is 0.630. The molecular weight excluding hydrogens is 326 g/mol. The van der Waals surface area contributed by atoms with Crippen LogP contribution in [0.3, 0.4) is 0 Å². The molecule has 3 heterocycles. The van der Waals surface area contributed by atoms with Crippen LogP contribution in [-0.4, -0.2) is 14.5 Å². The molecule has 0 aliphatic carbocycles. The number of aryl methyl sites for hydroxylation is 2. The van der Waals surface area contributed by atoms with Crippen LogP contribution in [0, 0.1) is 13.8 Å². The fourth-order valence-electron chi connectivity index (χ4n) is 2.92. The fraction of sp³-hybridized carbons (Fsp3) is 0.167. The summed E-state index contributed by atoms with van der Waals surface area (Å²) >= 11 is 6.18. The van der Waals surface area contributed by atoms with E-state index in [1.807, 2.05) is 38.1 Å². The molecule has 0 radical (unpaired) electrons. The molecule has 0 saturated heterocycles. The minimum Gasteiger partial charge on any atom is -0.430 e. The summed E-state index contributed by atoms with van der Waals surface area (Å²) in [4.78, 5) is 21.6. The van der Waals surface area contributed by atoms with Crippen LogP contribution in [0.2, 0.25) is 5.02 Å². The molecule has 4 rings (SSSR count). The number of fused-ring (bicyclic) bond motifs is 3. The molecule has 0 bridgehead atoms. The Bertz CT molecular complexity index is 1140. The average Bonchev–Trinajstić information content (AvgIpc) is 2.91. The van der Waals surface area contributed by atoms with Crippen molar-refractivity contribution in [2.24, 2.45) is 0 Å². The third-order valence-corrected chi connectivity index (χ3v) is 4.41. The lowest BCUT2D eigenvalue weighted by Crippen LogP contribution is -2.20. The molecule has 0 atom stereocenters. The Balaban J connectivity index is 1.93. The van der Waals surface area contributed by atoms with Crippen molar-refractivity contribution in [3.8, 4) is 0 Å². The number of furan rings is 1. The Morgan fingerprint density at radius 3 is 2.83 bits per heavy atom. The van der Waals surface area contributed by atoms with Gasteiger partial charge in [0.2, 0.25) is 11.3 Å². The summed E-state index contributed by atoms with van der Waals surface area (Å²) < 4.78 is 7.21. The molecule has 1 aromatic carbocycles. The van der Waals surface area contributed by atoms with E-state index < -0.39 is 0 Å². The highest BCUT2D eigenvalue weighted by Crippen LogP contribution is 2.27. The molecule has 0 N–H and O–H groups in total. The van der Waals surface area contributed by atoms with Gasteiger partial charge in [-0.3, -0.25) is 9.36 Å². The van der Waals surface area contributed by atoms with E-state index in [-0.39, 0.29) is 11.1 Å². The van der Waals surface area contributed by atoms with Crippen LogP contribution in [0.25, 0.3) is 22.2 Å². The lowest BCUT2D eigenvalue weighted by Gasteiger charge is -2.06. The van der Waals surface area contributed by atoms with Crippen molar-refractivity contribution in [3.63, 3.8) is 0 Å². The minimum absolute atomic E-state index is 0.223. The van der Waals surface area contributed by atoms with Gasteiger partial charge in [0.15, 0.2) is 0 Å². The number of aromatic nitrogens is 3. The zero-order valence-corrected chi connectivity index (χ0v) is 14.0. The Morgan fingerprint density at radius 1 is 1.25 bits per heavy atom. The van der Waals surface area contributed by atoms with Crippen molar-refractivity contribution in [2.45, 2.75) is 20.4 Å². The molecule has 120 valence electrons. The lowest BCUT2D eigenvalue weighted by atomic mass is 10.1. The minimum atomic E-state index is -0.241. The van der Waals surface area contributed by atoms with E-state index in [9.17, 15) is 4.79 Å². The van der Waals surface area contributed by atoms with Gasteiger partial charge >= 0.3 is 0 Å². The normalized spacial score (nSPS) is 11.5. The molecule has 5 nitrogen and oxygen atoms in total. The Hall–Kier alpha value is -2.66. The van der Waals surface area contributed by atoms with Crippen LogP contribution < -0.4 is 5.56 Å². The van der Waals surface area contributed by atoms with Crippen LogP contribution >= 0.6 is 11.6 Å². The quantitative estimate of drug-likeness (QED) is 0.556. The predicted octanol–water partition coefficient (Wildman–Crippen LogP) is 3.86. The monoisotopic (exact) mass is 339 g/mol. The summed E-state index contributed by atoms with van der Waals surface area (Å²) in [6, 6.07) is 9.37. The highest BCUT2D eigenvalue weighted by Gasteiger charge is 2.17. The molecular formula is C18H14ClN3O2. The Morgan fingerprint density at radius 2 is 2.04 bits per heavy atom. The van der Waals surface area contributed by atoms with Crippen molar-refractivity contribution < 1.29 is 4.42 Å². The van der Waals surface area contributed by atoms with Gasteiger partial charge in [0.25, 0.3) is 5.56 Å². The second-order valence-electron chi connectivity index (χ2n) is 5.81. The van der Waals surface area contributed by atoms with Crippen molar-refractivity contribution in [3.05, 3.63) is 68.9 Å². The first-order valence-electron chi connectivity index (χ1n) is 7.54. The van der Waals surface area contributed by atoms with E-state index >= 15 is 0 Å². The first kappa shape index (κ1) is 14.9. The standard InChI is InChI=1S/C18H14ClN3O2/c1-10-7-11(2)21-17-14(10)15-16(24-17)18(23)22(9-20-15)8-12-5-3-4-6-13(12)19/h3-7,9H,8H2,1-2H3. The highest BCUT2D eigenvalue weighted by molar-refractivity contribution is 6.31.